The molecule has 0 amide bonds. The Kier molecular flexibility index (Phi) is 2.57. The predicted octanol–water partition coefficient (Wildman–Crippen LogP) is 2.08. The maximum atomic E-state index is 5.62. The van der Waals surface area contributed by atoms with Gasteiger partial charge in [-0.25, -0.2) is 4.98 Å². The van der Waals surface area contributed by atoms with Crippen molar-refractivity contribution in [2.75, 3.05) is 18.1 Å². The lowest BCUT2D eigenvalue weighted by Gasteiger charge is -2.26. The fourth-order valence-electron chi connectivity index (χ4n) is 1.74. The second-order valence-corrected chi connectivity index (χ2v) is 3.81. The number of pyridine rings is 1. The predicted molar refractivity (Wildman–Crippen MR) is 56.8 cm³/mol. The van der Waals surface area contributed by atoms with Gasteiger partial charge in [-0.2, -0.15) is 0 Å². The van der Waals surface area contributed by atoms with E-state index in [-0.39, 0.29) is 0 Å². The Hall–Kier alpha value is -1.25. The summed E-state index contributed by atoms with van der Waals surface area (Å²) in [6.07, 6.45) is 2.89. The van der Waals surface area contributed by atoms with Crippen molar-refractivity contribution >= 4 is 5.82 Å². The fraction of sp³-hybridized carbons (Fsp3) is 0.545. The maximum absolute atomic E-state index is 5.62. The summed E-state index contributed by atoms with van der Waals surface area (Å²) in [6, 6.07) is 4.39. The van der Waals surface area contributed by atoms with Gasteiger partial charge in [-0.3, -0.25) is 0 Å². The van der Waals surface area contributed by atoms with Crippen molar-refractivity contribution < 1.29 is 4.74 Å². The summed E-state index contributed by atoms with van der Waals surface area (Å²) in [5.74, 6) is 1.90. The van der Waals surface area contributed by atoms with Crippen LogP contribution in [0.5, 0.6) is 5.75 Å². The molecule has 0 fully saturated rings. The Balaban J connectivity index is 2.37. The van der Waals surface area contributed by atoms with Gasteiger partial charge >= 0.3 is 0 Å². The van der Waals surface area contributed by atoms with E-state index in [4.69, 9.17) is 4.74 Å². The first-order valence-corrected chi connectivity index (χ1v) is 5.13. The van der Waals surface area contributed by atoms with E-state index in [1.807, 2.05) is 18.3 Å². The summed E-state index contributed by atoms with van der Waals surface area (Å²) in [7, 11) is 0. The van der Waals surface area contributed by atoms with Crippen molar-refractivity contribution in [1.29, 1.82) is 0 Å². The van der Waals surface area contributed by atoms with Crippen molar-refractivity contribution in [1.82, 2.24) is 4.98 Å². The molecule has 0 radical (unpaired) electrons. The molecule has 0 saturated carbocycles. The van der Waals surface area contributed by atoms with E-state index in [1.54, 1.807) is 0 Å². The molecule has 3 heteroatoms. The van der Waals surface area contributed by atoms with Crippen LogP contribution in [0.1, 0.15) is 20.3 Å². The molecule has 1 aliphatic rings. The van der Waals surface area contributed by atoms with Crippen LogP contribution in [0.15, 0.2) is 18.3 Å². The minimum Gasteiger partial charge on any atom is -0.490 e. The first-order valence-electron chi connectivity index (χ1n) is 5.13. The normalized spacial score (nSPS) is 16.1. The number of hydrogen-bond acceptors (Lipinski definition) is 3. The summed E-state index contributed by atoms with van der Waals surface area (Å²) in [5, 5.41) is 0. The monoisotopic (exact) mass is 192 g/mol. The van der Waals surface area contributed by atoms with Crippen LogP contribution in [-0.4, -0.2) is 24.2 Å². The number of aromatic nitrogens is 1. The Bertz CT molecular complexity index is 312. The lowest BCUT2D eigenvalue weighted by Crippen LogP contribution is -2.31. The highest BCUT2D eigenvalue weighted by Gasteiger charge is 2.18. The van der Waals surface area contributed by atoms with Gasteiger partial charge < -0.3 is 9.64 Å². The van der Waals surface area contributed by atoms with Crippen molar-refractivity contribution in [3.05, 3.63) is 18.3 Å². The summed E-state index contributed by atoms with van der Waals surface area (Å²) in [4.78, 5) is 6.68. The van der Waals surface area contributed by atoms with Crippen LogP contribution in [0.4, 0.5) is 5.82 Å². The number of rotatable bonds is 1. The average Bonchev–Trinajstić information content (AvgIpc) is 2.39. The lowest BCUT2D eigenvalue weighted by atomic mass is 10.3. The van der Waals surface area contributed by atoms with Crippen LogP contribution < -0.4 is 9.64 Å². The van der Waals surface area contributed by atoms with Crippen LogP contribution >= 0.6 is 0 Å². The molecule has 14 heavy (non-hydrogen) atoms. The Morgan fingerprint density at radius 1 is 1.50 bits per heavy atom. The third-order valence-electron chi connectivity index (χ3n) is 2.45. The molecular weight excluding hydrogens is 176 g/mol. The summed E-state index contributed by atoms with van der Waals surface area (Å²) >= 11 is 0. The Morgan fingerprint density at radius 2 is 2.36 bits per heavy atom. The van der Waals surface area contributed by atoms with Gasteiger partial charge in [0.15, 0.2) is 11.6 Å². The van der Waals surface area contributed by atoms with E-state index >= 15 is 0 Å². The second-order valence-electron chi connectivity index (χ2n) is 3.81. The van der Waals surface area contributed by atoms with Crippen LogP contribution in [0.25, 0.3) is 0 Å². The smallest absolute Gasteiger partial charge is 0.171 e. The van der Waals surface area contributed by atoms with E-state index in [9.17, 15) is 0 Å². The maximum Gasteiger partial charge on any atom is 0.171 e. The van der Waals surface area contributed by atoms with Crippen molar-refractivity contribution in [3.8, 4) is 5.75 Å². The van der Waals surface area contributed by atoms with Crippen LogP contribution in [0.2, 0.25) is 0 Å². The molecule has 0 spiro atoms. The van der Waals surface area contributed by atoms with Gasteiger partial charge in [0.1, 0.15) is 0 Å². The molecule has 0 aliphatic carbocycles. The largest absolute Gasteiger partial charge is 0.490 e. The van der Waals surface area contributed by atoms with Gasteiger partial charge in [0.2, 0.25) is 0 Å². The molecule has 0 aromatic carbocycles. The first-order chi connectivity index (χ1) is 6.79. The Labute approximate surface area is 84.7 Å². The number of anilines is 1. The van der Waals surface area contributed by atoms with Crippen molar-refractivity contribution in [2.24, 2.45) is 0 Å². The van der Waals surface area contributed by atoms with Gasteiger partial charge in [0.25, 0.3) is 0 Å². The van der Waals surface area contributed by atoms with E-state index in [0.29, 0.717) is 6.04 Å². The van der Waals surface area contributed by atoms with Gasteiger partial charge in [-0.15, -0.1) is 0 Å². The van der Waals surface area contributed by atoms with E-state index in [2.05, 4.69) is 23.7 Å². The third kappa shape index (κ3) is 1.67. The minimum atomic E-state index is 0.477. The zero-order chi connectivity index (χ0) is 9.97. The van der Waals surface area contributed by atoms with Gasteiger partial charge in [-0.05, 0) is 32.4 Å². The number of ether oxygens (including phenoxy) is 1. The van der Waals surface area contributed by atoms with E-state index in [0.717, 1.165) is 31.1 Å². The second kappa shape index (κ2) is 3.86. The van der Waals surface area contributed by atoms with Gasteiger partial charge in [-0.1, -0.05) is 0 Å². The SMILES string of the molecule is CC(C)N1CCCOc2cccnc21. The molecule has 2 heterocycles. The highest BCUT2D eigenvalue weighted by atomic mass is 16.5. The number of fused-ring (bicyclic) bond motifs is 1. The topological polar surface area (TPSA) is 25.4 Å². The molecule has 76 valence electrons. The number of nitrogens with zero attached hydrogens (tertiary/aromatic N) is 2. The van der Waals surface area contributed by atoms with Gasteiger partial charge in [0, 0.05) is 18.8 Å². The fourth-order valence-corrected chi connectivity index (χ4v) is 1.74. The molecule has 0 unspecified atom stereocenters. The quantitative estimate of drug-likeness (QED) is 0.681. The standard InChI is InChI=1S/C11H16N2O/c1-9(2)13-7-4-8-14-10-5-3-6-12-11(10)13/h3,5-6,9H,4,7-8H2,1-2H3. The summed E-state index contributed by atoms with van der Waals surface area (Å²) < 4.78 is 5.62. The van der Waals surface area contributed by atoms with Gasteiger partial charge in [0.05, 0.1) is 6.61 Å². The van der Waals surface area contributed by atoms with Crippen molar-refractivity contribution in [3.63, 3.8) is 0 Å². The Morgan fingerprint density at radius 3 is 3.14 bits per heavy atom. The molecular formula is C11H16N2O. The molecule has 0 saturated heterocycles. The molecule has 3 nitrogen and oxygen atoms in total. The summed E-state index contributed by atoms with van der Waals surface area (Å²) in [6.45, 7) is 6.19. The first kappa shape index (κ1) is 9.31. The molecule has 2 rings (SSSR count). The average molecular weight is 192 g/mol. The lowest BCUT2D eigenvalue weighted by molar-refractivity contribution is 0.321. The molecule has 1 aromatic rings. The van der Waals surface area contributed by atoms with Crippen molar-refractivity contribution in [2.45, 2.75) is 26.3 Å². The molecule has 0 atom stereocenters. The van der Waals surface area contributed by atoms with E-state index < -0.39 is 0 Å². The third-order valence-corrected chi connectivity index (χ3v) is 2.45. The highest BCUT2D eigenvalue weighted by molar-refractivity contribution is 5.53. The summed E-state index contributed by atoms with van der Waals surface area (Å²) in [5.41, 5.74) is 0. The molecule has 0 bridgehead atoms. The molecule has 1 aliphatic heterocycles. The molecule has 1 aromatic heterocycles. The molecule has 0 N–H and O–H groups in total. The zero-order valence-electron chi connectivity index (χ0n) is 8.73. The van der Waals surface area contributed by atoms with Crippen LogP contribution in [-0.2, 0) is 0 Å². The minimum absolute atomic E-state index is 0.477. The zero-order valence-corrected chi connectivity index (χ0v) is 8.73. The highest BCUT2D eigenvalue weighted by Crippen LogP contribution is 2.28. The van der Waals surface area contributed by atoms with Crippen LogP contribution in [0.3, 0.4) is 0 Å². The van der Waals surface area contributed by atoms with E-state index in [1.165, 1.54) is 0 Å². The van der Waals surface area contributed by atoms with Crippen LogP contribution in [0, 0.1) is 0 Å². The number of hydrogen-bond donors (Lipinski definition) is 0.